The quantitative estimate of drug-likeness (QED) is 0.682. The van der Waals surface area contributed by atoms with Crippen molar-refractivity contribution in [1.82, 2.24) is 5.32 Å². The predicted molar refractivity (Wildman–Crippen MR) is 120 cm³/mol. The summed E-state index contributed by atoms with van der Waals surface area (Å²) in [6.07, 6.45) is 2.07. The van der Waals surface area contributed by atoms with Gasteiger partial charge in [0.05, 0.1) is 10.6 Å². The Bertz CT molecular complexity index is 868. The SMILES string of the molecule is O=C(Nc1cccc(C2SCCCS2)c1)C(=O)N[C@H]1CCSc2ccccc21. The van der Waals surface area contributed by atoms with Gasteiger partial charge in [-0.2, -0.15) is 0 Å². The van der Waals surface area contributed by atoms with Gasteiger partial charge in [0.1, 0.15) is 0 Å². The lowest BCUT2D eigenvalue weighted by molar-refractivity contribution is -0.136. The highest BCUT2D eigenvalue weighted by Gasteiger charge is 2.25. The van der Waals surface area contributed by atoms with E-state index in [9.17, 15) is 9.59 Å². The molecule has 1 atom stereocenters. The highest BCUT2D eigenvalue weighted by molar-refractivity contribution is 8.16. The van der Waals surface area contributed by atoms with Crippen LogP contribution in [0.5, 0.6) is 0 Å². The van der Waals surface area contributed by atoms with E-state index >= 15 is 0 Å². The molecule has 0 aliphatic carbocycles. The highest BCUT2D eigenvalue weighted by atomic mass is 32.2. The van der Waals surface area contributed by atoms with Gasteiger partial charge in [-0.25, -0.2) is 0 Å². The summed E-state index contributed by atoms with van der Waals surface area (Å²) in [6.45, 7) is 0. The molecule has 4 nitrogen and oxygen atoms in total. The van der Waals surface area contributed by atoms with Gasteiger partial charge in [-0.3, -0.25) is 9.59 Å². The van der Waals surface area contributed by atoms with Gasteiger partial charge in [0, 0.05) is 16.3 Å². The van der Waals surface area contributed by atoms with Crippen molar-refractivity contribution in [1.29, 1.82) is 0 Å². The minimum absolute atomic E-state index is 0.114. The Balaban J connectivity index is 1.39. The normalized spacial score (nSPS) is 19.5. The molecule has 2 N–H and O–H groups in total. The van der Waals surface area contributed by atoms with E-state index in [0.717, 1.165) is 29.2 Å². The summed E-state index contributed by atoms with van der Waals surface area (Å²) in [5.41, 5.74) is 2.95. The molecule has 0 spiro atoms. The maximum atomic E-state index is 12.5. The Morgan fingerprint density at radius 2 is 1.75 bits per heavy atom. The van der Waals surface area contributed by atoms with Gasteiger partial charge in [-0.15, -0.1) is 35.3 Å². The van der Waals surface area contributed by atoms with Crippen molar-refractivity contribution in [2.45, 2.75) is 28.4 Å². The second kappa shape index (κ2) is 9.29. The smallest absolute Gasteiger partial charge is 0.313 e. The lowest BCUT2D eigenvalue weighted by Gasteiger charge is -2.25. The van der Waals surface area contributed by atoms with Gasteiger partial charge in [-0.1, -0.05) is 30.3 Å². The molecule has 2 aromatic carbocycles. The molecule has 2 aromatic rings. The Labute approximate surface area is 178 Å². The van der Waals surface area contributed by atoms with Gasteiger partial charge in [0.15, 0.2) is 0 Å². The monoisotopic (exact) mass is 430 g/mol. The molecule has 2 heterocycles. The van der Waals surface area contributed by atoms with Crippen molar-refractivity contribution in [3.05, 3.63) is 59.7 Å². The van der Waals surface area contributed by atoms with Crippen LogP contribution in [0.15, 0.2) is 53.4 Å². The molecule has 0 unspecified atom stereocenters. The first-order chi connectivity index (χ1) is 13.7. The van der Waals surface area contributed by atoms with Gasteiger partial charge in [-0.05, 0) is 53.7 Å². The third-order valence-corrected chi connectivity index (χ3v) is 8.85. The maximum Gasteiger partial charge on any atom is 0.313 e. The Hall–Kier alpha value is -1.57. The second-order valence-corrected chi connectivity index (χ2v) is 10.6. The van der Waals surface area contributed by atoms with E-state index in [0.29, 0.717) is 10.3 Å². The summed E-state index contributed by atoms with van der Waals surface area (Å²) in [7, 11) is 0. The third kappa shape index (κ3) is 4.70. The van der Waals surface area contributed by atoms with Gasteiger partial charge in [0.2, 0.25) is 0 Å². The number of nitrogens with one attached hydrogen (secondary N) is 2. The fourth-order valence-corrected chi connectivity index (χ4v) is 7.35. The molecule has 2 aliphatic rings. The molecular formula is C21H22N2O2S3. The van der Waals surface area contributed by atoms with Crippen molar-refractivity contribution in [3.8, 4) is 0 Å². The van der Waals surface area contributed by atoms with Crippen LogP contribution in [0.2, 0.25) is 0 Å². The minimum Gasteiger partial charge on any atom is -0.341 e. The fraction of sp³-hybridized carbons (Fsp3) is 0.333. The Morgan fingerprint density at radius 3 is 2.61 bits per heavy atom. The van der Waals surface area contributed by atoms with Crippen molar-refractivity contribution < 1.29 is 9.59 Å². The van der Waals surface area contributed by atoms with E-state index in [1.165, 1.54) is 16.9 Å². The number of rotatable bonds is 3. The molecule has 2 aliphatic heterocycles. The third-order valence-electron chi connectivity index (χ3n) is 4.71. The van der Waals surface area contributed by atoms with Crippen molar-refractivity contribution in [2.75, 3.05) is 22.6 Å². The standard InChI is InChI=1S/C21H22N2O2S3/c24-19(20(25)23-17-9-12-26-18-8-2-1-7-16(17)18)22-15-6-3-5-14(13-15)21-27-10-4-11-28-21/h1-3,5-8,13,17,21H,4,9-12H2,(H,22,24)(H,23,25)/t17-/m0/s1. The van der Waals surface area contributed by atoms with Gasteiger partial charge in [0.25, 0.3) is 0 Å². The van der Waals surface area contributed by atoms with Crippen LogP contribution in [0.3, 0.4) is 0 Å². The largest absolute Gasteiger partial charge is 0.341 e. The molecular weight excluding hydrogens is 408 g/mol. The molecule has 28 heavy (non-hydrogen) atoms. The van der Waals surface area contributed by atoms with Crippen LogP contribution >= 0.6 is 35.3 Å². The second-order valence-electron chi connectivity index (χ2n) is 6.71. The van der Waals surface area contributed by atoms with Crippen LogP contribution in [-0.2, 0) is 9.59 Å². The number of benzene rings is 2. The van der Waals surface area contributed by atoms with Crippen LogP contribution in [0.4, 0.5) is 5.69 Å². The predicted octanol–water partition coefficient (Wildman–Crippen LogP) is 4.85. The van der Waals surface area contributed by atoms with Crippen molar-refractivity contribution >= 4 is 52.8 Å². The first kappa shape index (κ1) is 19.7. The summed E-state index contributed by atoms with van der Waals surface area (Å²) in [5.74, 6) is 2.06. The maximum absolute atomic E-state index is 12.5. The van der Waals surface area contributed by atoms with E-state index < -0.39 is 11.8 Å². The zero-order valence-corrected chi connectivity index (χ0v) is 17.8. The summed E-state index contributed by atoms with van der Waals surface area (Å²) in [5, 5.41) is 5.66. The first-order valence-electron chi connectivity index (χ1n) is 9.37. The highest BCUT2D eigenvalue weighted by Crippen LogP contribution is 2.44. The average Bonchev–Trinajstić information content (AvgIpc) is 2.75. The first-order valence-corrected chi connectivity index (χ1v) is 12.5. The van der Waals surface area contributed by atoms with E-state index in [4.69, 9.17) is 0 Å². The number of thioether (sulfide) groups is 3. The topological polar surface area (TPSA) is 58.2 Å². The fourth-order valence-electron chi connectivity index (χ4n) is 3.35. The number of hydrogen-bond donors (Lipinski definition) is 2. The van der Waals surface area contributed by atoms with Gasteiger partial charge < -0.3 is 10.6 Å². The molecule has 7 heteroatoms. The minimum atomic E-state index is -0.614. The number of amides is 2. The van der Waals surface area contributed by atoms with E-state index in [1.807, 2.05) is 59.9 Å². The van der Waals surface area contributed by atoms with Crippen LogP contribution in [0.1, 0.15) is 34.6 Å². The summed E-state index contributed by atoms with van der Waals surface area (Å²) in [6, 6.07) is 15.8. The zero-order valence-electron chi connectivity index (χ0n) is 15.4. The lowest BCUT2D eigenvalue weighted by Crippen LogP contribution is -2.38. The summed E-state index contributed by atoms with van der Waals surface area (Å²) in [4.78, 5) is 26.1. The number of fused-ring (bicyclic) bond motifs is 1. The molecule has 1 fully saturated rings. The zero-order chi connectivity index (χ0) is 19.3. The van der Waals surface area contributed by atoms with Crippen LogP contribution in [0.25, 0.3) is 0 Å². The average molecular weight is 431 g/mol. The molecule has 2 amide bonds. The Kier molecular flexibility index (Phi) is 6.54. The van der Waals surface area contributed by atoms with Gasteiger partial charge >= 0.3 is 11.8 Å². The molecule has 0 radical (unpaired) electrons. The number of carbonyl (C=O) groups excluding carboxylic acids is 2. The van der Waals surface area contributed by atoms with Crippen molar-refractivity contribution in [2.24, 2.45) is 0 Å². The van der Waals surface area contributed by atoms with E-state index in [2.05, 4.69) is 22.8 Å². The number of anilines is 1. The summed E-state index contributed by atoms with van der Waals surface area (Å²) >= 11 is 5.66. The molecule has 4 rings (SSSR count). The van der Waals surface area contributed by atoms with E-state index in [1.54, 1.807) is 11.8 Å². The lowest BCUT2D eigenvalue weighted by atomic mass is 10.0. The molecule has 146 valence electrons. The number of hydrogen-bond acceptors (Lipinski definition) is 5. The molecule has 0 bridgehead atoms. The van der Waals surface area contributed by atoms with Crippen LogP contribution in [-0.4, -0.2) is 29.1 Å². The van der Waals surface area contributed by atoms with Crippen LogP contribution in [0, 0.1) is 0 Å². The Morgan fingerprint density at radius 1 is 0.929 bits per heavy atom. The molecule has 1 saturated heterocycles. The summed E-state index contributed by atoms with van der Waals surface area (Å²) < 4.78 is 0.399. The van der Waals surface area contributed by atoms with Crippen molar-refractivity contribution in [3.63, 3.8) is 0 Å². The van der Waals surface area contributed by atoms with Crippen LogP contribution < -0.4 is 10.6 Å². The number of carbonyl (C=O) groups is 2. The molecule has 0 saturated carbocycles. The molecule has 0 aromatic heterocycles. The van der Waals surface area contributed by atoms with E-state index in [-0.39, 0.29) is 6.04 Å².